The summed E-state index contributed by atoms with van der Waals surface area (Å²) in [5.41, 5.74) is 2.56. The second kappa shape index (κ2) is 10.1. The highest BCUT2D eigenvalue weighted by Gasteiger charge is 2.21. The Bertz CT molecular complexity index is 526. The van der Waals surface area contributed by atoms with Gasteiger partial charge in [-0.3, -0.25) is 10.1 Å². The largest absolute Gasteiger partial charge is 0.338 e. The lowest BCUT2D eigenvalue weighted by atomic mass is 9.92. The average molecular weight is 334 g/mol. The Balaban J connectivity index is 2.67. The highest BCUT2D eigenvalue weighted by Crippen LogP contribution is 2.22. The van der Waals surface area contributed by atoms with E-state index < -0.39 is 6.03 Å². The number of benzene rings is 1. The van der Waals surface area contributed by atoms with Crippen LogP contribution in [0.1, 0.15) is 64.1 Å². The summed E-state index contributed by atoms with van der Waals surface area (Å²) >= 11 is 0. The van der Waals surface area contributed by atoms with Crippen LogP contribution in [0.3, 0.4) is 0 Å². The number of amides is 3. The molecule has 134 valence electrons. The van der Waals surface area contributed by atoms with Crippen LogP contribution in [-0.4, -0.2) is 25.0 Å². The molecule has 24 heavy (non-hydrogen) atoms. The number of carbonyl (C=O) groups excluding carboxylic acids is 2. The number of carbonyl (C=O) groups is 2. The maximum absolute atomic E-state index is 11.9. The lowest BCUT2D eigenvalue weighted by Gasteiger charge is -2.20. The Labute approximate surface area is 145 Å². The number of nitrogens with one attached hydrogen (secondary N) is 2. The van der Waals surface area contributed by atoms with Gasteiger partial charge < -0.3 is 10.6 Å². The molecule has 0 radical (unpaired) electrons. The van der Waals surface area contributed by atoms with Crippen LogP contribution in [-0.2, 0) is 4.79 Å². The van der Waals surface area contributed by atoms with E-state index in [2.05, 4.69) is 62.6 Å². The quantitative estimate of drug-likeness (QED) is 0.682. The molecule has 1 aromatic carbocycles. The molecule has 4 N–H and O–H groups in total. The molecule has 0 aliphatic carbocycles. The van der Waals surface area contributed by atoms with E-state index in [0.717, 1.165) is 6.42 Å². The summed E-state index contributed by atoms with van der Waals surface area (Å²) in [6.07, 6.45) is 1.12. The molecule has 0 aliphatic rings. The first-order valence-corrected chi connectivity index (χ1v) is 8.89. The van der Waals surface area contributed by atoms with Crippen molar-refractivity contribution in [1.29, 1.82) is 0 Å². The van der Waals surface area contributed by atoms with Gasteiger partial charge in [0.25, 0.3) is 5.91 Å². The standard InChI is InChI=1S/C19H31N3O2/c1-6-14(5)15-8-10-16(11-9-15)18(13(3)4)21-12-17(23)22-19(24)20-7-2/h8-11,13-14,18,21H,6-7,12H2,1-5H3,(H2,20,22,23,24)/p+1/t14-,18+/m0/s1. The molecule has 5 nitrogen and oxygen atoms in total. The number of urea groups is 1. The van der Waals surface area contributed by atoms with Crippen molar-refractivity contribution in [1.82, 2.24) is 10.6 Å². The molecule has 3 amide bonds. The molecule has 0 unspecified atom stereocenters. The van der Waals surface area contributed by atoms with E-state index in [0.29, 0.717) is 18.4 Å². The van der Waals surface area contributed by atoms with Crippen molar-refractivity contribution in [2.24, 2.45) is 5.92 Å². The monoisotopic (exact) mass is 334 g/mol. The maximum Gasteiger partial charge on any atom is 0.321 e. The molecule has 0 saturated heterocycles. The second-order valence-corrected chi connectivity index (χ2v) is 6.59. The van der Waals surface area contributed by atoms with Crippen LogP contribution < -0.4 is 16.0 Å². The van der Waals surface area contributed by atoms with Gasteiger partial charge in [0.05, 0.1) is 0 Å². The van der Waals surface area contributed by atoms with Gasteiger partial charge in [-0.2, -0.15) is 0 Å². The third kappa shape index (κ3) is 6.32. The van der Waals surface area contributed by atoms with Crippen molar-refractivity contribution in [3.63, 3.8) is 0 Å². The van der Waals surface area contributed by atoms with E-state index >= 15 is 0 Å². The lowest BCUT2D eigenvalue weighted by molar-refractivity contribution is -0.692. The summed E-state index contributed by atoms with van der Waals surface area (Å²) in [5.74, 6) is 0.669. The fourth-order valence-corrected chi connectivity index (χ4v) is 2.69. The summed E-state index contributed by atoms with van der Waals surface area (Å²) in [4.78, 5) is 23.2. The van der Waals surface area contributed by atoms with Gasteiger partial charge in [-0.05, 0) is 24.8 Å². The summed E-state index contributed by atoms with van der Waals surface area (Å²) in [6, 6.07) is 8.43. The highest BCUT2D eigenvalue weighted by molar-refractivity contribution is 5.94. The first-order valence-electron chi connectivity index (χ1n) is 8.89. The Hall–Kier alpha value is -1.88. The third-order valence-corrected chi connectivity index (χ3v) is 4.37. The van der Waals surface area contributed by atoms with Crippen molar-refractivity contribution < 1.29 is 14.9 Å². The highest BCUT2D eigenvalue weighted by atomic mass is 16.2. The number of rotatable bonds is 8. The molecule has 0 bridgehead atoms. The van der Waals surface area contributed by atoms with Crippen LogP contribution >= 0.6 is 0 Å². The summed E-state index contributed by atoms with van der Waals surface area (Å²) in [5, 5.41) is 6.89. The van der Waals surface area contributed by atoms with E-state index in [-0.39, 0.29) is 18.5 Å². The van der Waals surface area contributed by atoms with Gasteiger partial charge >= 0.3 is 6.03 Å². The normalized spacial score (nSPS) is 13.4. The Morgan fingerprint density at radius 1 is 1.04 bits per heavy atom. The molecule has 0 fully saturated rings. The molecule has 0 saturated carbocycles. The molecule has 0 spiro atoms. The van der Waals surface area contributed by atoms with Gasteiger partial charge in [-0.15, -0.1) is 0 Å². The van der Waals surface area contributed by atoms with Crippen molar-refractivity contribution in [2.45, 2.75) is 53.0 Å². The van der Waals surface area contributed by atoms with Crippen LogP contribution in [0.15, 0.2) is 24.3 Å². The molecule has 2 atom stereocenters. The first-order chi connectivity index (χ1) is 11.4. The molecule has 0 aromatic heterocycles. The molecule has 1 aromatic rings. The van der Waals surface area contributed by atoms with Crippen molar-refractivity contribution in [3.05, 3.63) is 35.4 Å². The predicted octanol–water partition coefficient (Wildman–Crippen LogP) is 2.31. The van der Waals surface area contributed by atoms with Gasteiger partial charge in [0.2, 0.25) is 0 Å². The van der Waals surface area contributed by atoms with Crippen LogP contribution in [0.4, 0.5) is 4.79 Å². The Kier molecular flexibility index (Phi) is 8.47. The topological polar surface area (TPSA) is 74.8 Å². The smallest absolute Gasteiger partial charge is 0.321 e. The van der Waals surface area contributed by atoms with E-state index in [1.165, 1.54) is 11.1 Å². The van der Waals surface area contributed by atoms with Gasteiger partial charge in [-0.25, -0.2) is 4.79 Å². The van der Waals surface area contributed by atoms with E-state index in [4.69, 9.17) is 0 Å². The molecule has 0 aliphatic heterocycles. The molecule has 0 heterocycles. The minimum atomic E-state index is -0.435. The number of quaternary nitrogens is 1. The SMILES string of the molecule is CCNC(=O)NC(=O)C[NH2+][C@@H](c1ccc([C@@H](C)CC)cc1)C(C)C. The lowest BCUT2D eigenvalue weighted by Crippen LogP contribution is -2.88. The predicted molar refractivity (Wildman–Crippen MR) is 96.7 cm³/mol. The second-order valence-electron chi connectivity index (χ2n) is 6.59. The fourth-order valence-electron chi connectivity index (χ4n) is 2.69. The van der Waals surface area contributed by atoms with Crippen LogP contribution in [0.2, 0.25) is 0 Å². The number of imide groups is 1. The summed E-state index contributed by atoms with van der Waals surface area (Å²) in [6.45, 7) is 11.3. The van der Waals surface area contributed by atoms with Crippen molar-refractivity contribution in [2.75, 3.05) is 13.1 Å². The van der Waals surface area contributed by atoms with Crippen LogP contribution in [0.5, 0.6) is 0 Å². The van der Waals surface area contributed by atoms with Gasteiger partial charge in [0.15, 0.2) is 6.54 Å². The average Bonchev–Trinajstić information content (AvgIpc) is 2.54. The molecule has 5 heteroatoms. The zero-order valence-corrected chi connectivity index (χ0v) is 15.6. The first kappa shape index (κ1) is 20.2. The molecule has 1 rings (SSSR count). The Morgan fingerprint density at radius 2 is 1.62 bits per heavy atom. The number of nitrogens with two attached hydrogens (primary N) is 1. The maximum atomic E-state index is 11.9. The van der Waals surface area contributed by atoms with Crippen molar-refractivity contribution >= 4 is 11.9 Å². The van der Waals surface area contributed by atoms with Crippen LogP contribution in [0, 0.1) is 5.92 Å². The van der Waals surface area contributed by atoms with E-state index in [9.17, 15) is 9.59 Å². The molecular weight excluding hydrogens is 302 g/mol. The summed E-state index contributed by atoms with van der Waals surface area (Å²) < 4.78 is 0. The minimum Gasteiger partial charge on any atom is -0.338 e. The van der Waals surface area contributed by atoms with Gasteiger partial charge in [-0.1, -0.05) is 52.0 Å². The Morgan fingerprint density at radius 3 is 2.12 bits per heavy atom. The number of hydrogen-bond acceptors (Lipinski definition) is 2. The number of hydrogen-bond donors (Lipinski definition) is 3. The fraction of sp³-hybridized carbons (Fsp3) is 0.579. The third-order valence-electron chi connectivity index (χ3n) is 4.37. The zero-order valence-electron chi connectivity index (χ0n) is 15.6. The van der Waals surface area contributed by atoms with E-state index in [1.54, 1.807) is 0 Å². The minimum absolute atomic E-state index is 0.191. The molecular formula is C19H32N3O2+. The van der Waals surface area contributed by atoms with Crippen LogP contribution in [0.25, 0.3) is 0 Å². The van der Waals surface area contributed by atoms with Gasteiger partial charge in [0.1, 0.15) is 6.04 Å². The zero-order chi connectivity index (χ0) is 18.1. The summed E-state index contributed by atoms with van der Waals surface area (Å²) in [7, 11) is 0. The van der Waals surface area contributed by atoms with E-state index in [1.807, 2.05) is 12.2 Å². The van der Waals surface area contributed by atoms with Crippen molar-refractivity contribution in [3.8, 4) is 0 Å². The van der Waals surface area contributed by atoms with Gasteiger partial charge in [0, 0.05) is 18.0 Å².